The third-order valence-corrected chi connectivity index (χ3v) is 5.45. The van der Waals surface area contributed by atoms with Crippen LogP contribution in [0, 0.1) is 3.95 Å². The highest BCUT2D eigenvalue weighted by atomic mass is 32.1. The Hall–Kier alpha value is -2.97. The molecule has 0 aliphatic heterocycles. The Morgan fingerprint density at radius 1 is 1.22 bits per heavy atom. The number of fused-ring (bicyclic) bond motifs is 3. The summed E-state index contributed by atoms with van der Waals surface area (Å²) in [6.07, 6.45) is 0. The number of rotatable bonds is 4. The third-order valence-electron chi connectivity index (χ3n) is 4.07. The molecule has 136 valence electrons. The smallest absolute Gasteiger partial charge is 0.269 e. The van der Waals surface area contributed by atoms with Gasteiger partial charge >= 0.3 is 0 Å². The van der Waals surface area contributed by atoms with Crippen molar-refractivity contribution in [1.82, 2.24) is 9.38 Å². The molecule has 4 aromatic rings. The molecule has 0 bridgehead atoms. The first-order chi connectivity index (χ1) is 13.1. The molecule has 1 amide bonds. The fourth-order valence-electron chi connectivity index (χ4n) is 2.93. The van der Waals surface area contributed by atoms with Gasteiger partial charge in [-0.3, -0.25) is 14.0 Å². The molecule has 0 spiro atoms. The highest BCUT2D eigenvalue weighted by molar-refractivity contribution is 7.73. The second-order valence-electron chi connectivity index (χ2n) is 5.74. The van der Waals surface area contributed by atoms with Gasteiger partial charge in [0, 0.05) is 0 Å². The van der Waals surface area contributed by atoms with E-state index in [1.807, 2.05) is 31.2 Å². The van der Waals surface area contributed by atoms with Gasteiger partial charge in [0.15, 0.2) is 3.95 Å². The molecule has 2 aromatic carbocycles. The zero-order valence-corrected chi connectivity index (χ0v) is 15.9. The molecular weight excluding hydrogens is 382 g/mol. The molecule has 0 atom stereocenters. The third kappa shape index (κ3) is 3.02. The predicted molar refractivity (Wildman–Crippen MR) is 110 cm³/mol. The molecule has 2 heterocycles. The number of benzene rings is 2. The van der Waals surface area contributed by atoms with Crippen LogP contribution in [0.4, 0.5) is 5.69 Å². The van der Waals surface area contributed by atoms with Crippen LogP contribution in [-0.4, -0.2) is 21.9 Å². The summed E-state index contributed by atoms with van der Waals surface area (Å²) >= 11 is 6.60. The quantitative estimate of drug-likeness (QED) is 0.506. The molecule has 0 saturated heterocycles. The maximum absolute atomic E-state index is 12.9. The molecule has 6 nitrogen and oxygen atoms in total. The predicted octanol–water partition coefficient (Wildman–Crippen LogP) is 4.22. The number of para-hydroxylation sites is 3. The molecular formula is C19H15N3O3S2. The maximum atomic E-state index is 12.9. The standard InChI is InChI=1S/C19H15N3O3S2/c1-2-25-14-10-6-4-8-12(14)20-18(24)15-16-21-17(23)11-7-3-5-9-13(11)22(16)19(26)27-15/h3-10H,2H2,1H3,(H,20,24)(H,21,23). The van der Waals surface area contributed by atoms with E-state index in [1.54, 1.807) is 28.7 Å². The number of anilines is 1. The van der Waals surface area contributed by atoms with E-state index >= 15 is 0 Å². The average Bonchev–Trinajstić information content (AvgIpc) is 3.00. The zero-order chi connectivity index (χ0) is 19.0. The molecule has 0 unspecified atom stereocenters. The molecule has 27 heavy (non-hydrogen) atoms. The van der Waals surface area contributed by atoms with Gasteiger partial charge in [0.05, 0.1) is 23.2 Å². The van der Waals surface area contributed by atoms with Gasteiger partial charge in [0.1, 0.15) is 16.3 Å². The van der Waals surface area contributed by atoms with Gasteiger partial charge in [0.25, 0.3) is 11.5 Å². The zero-order valence-electron chi connectivity index (χ0n) is 14.3. The van der Waals surface area contributed by atoms with Crippen molar-refractivity contribution in [2.45, 2.75) is 6.92 Å². The average molecular weight is 397 g/mol. The molecule has 2 aromatic heterocycles. The monoisotopic (exact) mass is 397 g/mol. The van der Waals surface area contributed by atoms with Crippen LogP contribution in [0.25, 0.3) is 16.6 Å². The summed E-state index contributed by atoms with van der Waals surface area (Å²) in [5, 5.41) is 3.37. The number of ether oxygens (including phenoxy) is 1. The van der Waals surface area contributed by atoms with Crippen molar-refractivity contribution >= 4 is 51.7 Å². The van der Waals surface area contributed by atoms with Crippen LogP contribution in [0.3, 0.4) is 0 Å². The topological polar surface area (TPSA) is 75.6 Å². The van der Waals surface area contributed by atoms with Crippen LogP contribution >= 0.6 is 23.6 Å². The van der Waals surface area contributed by atoms with Gasteiger partial charge in [-0.05, 0) is 43.4 Å². The van der Waals surface area contributed by atoms with E-state index < -0.39 is 0 Å². The number of hydrogen-bond acceptors (Lipinski definition) is 5. The molecule has 4 rings (SSSR count). The number of nitrogens with zero attached hydrogens (tertiary/aromatic N) is 1. The van der Waals surface area contributed by atoms with E-state index in [0.29, 0.717) is 43.4 Å². The van der Waals surface area contributed by atoms with Crippen LogP contribution in [0.15, 0.2) is 53.3 Å². The number of aromatic amines is 1. The Kier molecular flexibility index (Phi) is 4.51. The Balaban J connectivity index is 1.84. The molecule has 8 heteroatoms. The lowest BCUT2D eigenvalue weighted by molar-refractivity contribution is 0.103. The van der Waals surface area contributed by atoms with E-state index in [2.05, 4.69) is 10.3 Å². The number of H-pyrrole nitrogens is 1. The van der Waals surface area contributed by atoms with Gasteiger partial charge in [-0.1, -0.05) is 35.6 Å². The van der Waals surface area contributed by atoms with Crippen LogP contribution in [-0.2, 0) is 0 Å². The lowest BCUT2D eigenvalue weighted by Gasteiger charge is -2.10. The molecule has 0 saturated carbocycles. The first kappa shape index (κ1) is 17.4. The molecule has 0 fully saturated rings. The Morgan fingerprint density at radius 3 is 2.78 bits per heavy atom. The summed E-state index contributed by atoms with van der Waals surface area (Å²) < 4.78 is 7.76. The van der Waals surface area contributed by atoms with Crippen LogP contribution in [0.2, 0.25) is 0 Å². The normalized spacial score (nSPS) is 11.0. The Morgan fingerprint density at radius 2 is 1.96 bits per heavy atom. The number of hydrogen-bond donors (Lipinski definition) is 2. The van der Waals surface area contributed by atoms with Crippen molar-refractivity contribution in [3.05, 3.63) is 67.7 Å². The van der Waals surface area contributed by atoms with Crippen molar-refractivity contribution in [1.29, 1.82) is 0 Å². The number of nitrogens with one attached hydrogen (secondary N) is 2. The molecule has 0 aliphatic carbocycles. The lowest BCUT2D eigenvalue weighted by atomic mass is 10.2. The van der Waals surface area contributed by atoms with E-state index in [-0.39, 0.29) is 11.5 Å². The largest absolute Gasteiger partial charge is 0.492 e. The van der Waals surface area contributed by atoms with Crippen molar-refractivity contribution in [3.63, 3.8) is 0 Å². The highest BCUT2D eigenvalue weighted by Crippen LogP contribution is 2.27. The van der Waals surface area contributed by atoms with Crippen LogP contribution < -0.4 is 15.6 Å². The highest BCUT2D eigenvalue weighted by Gasteiger charge is 2.19. The lowest BCUT2D eigenvalue weighted by Crippen LogP contribution is -2.15. The van der Waals surface area contributed by atoms with E-state index in [1.165, 1.54) is 0 Å². The number of carbonyl (C=O) groups is 1. The van der Waals surface area contributed by atoms with Gasteiger partial charge in [0.2, 0.25) is 0 Å². The minimum Gasteiger partial charge on any atom is -0.492 e. The minimum atomic E-state index is -0.355. The Labute approximate surface area is 163 Å². The van der Waals surface area contributed by atoms with Crippen molar-refractivity contribution in [3.8, 4) is 5.75 Å². The van der Waals surface area contributed by atoms with Gasteiger partial charge < -0.3 is 15.0 Å². The number of amides is 1. The van der Waals surface area contributed by atoms with Crippen LogP contribution in [0.1, 0.15) is 16.6 Å². The van der Waals surface area contributed by atoms with Crippen molar-refractivity contribution in [2.75, 3.05) is 11.9 Å². The summed E-state index contributed by atoms with van der Waals surface area (Å²) in [4.78, 5) is 28.5. The maximum Gasteiger partial charge on any atom is 0.269 e. The van der Waals surface area contributed by atoms with Gasteiger partial charge in [-0.25, -0.2) is 0 Å². The summed E-state index contributed by atoms with van der Waals surface area (Å²) in [5.41, 5.74) is 1.36. The first-order valence-electron chi connectivity index (χ1n) is 8.30. The fraction of sp³-hybridized carbons (Fsp3) is 0.105. The van der Waals surface area contributed by atoms with E-state index in [0.717, 1.165) is 11.3 Å². The Bertz CT molecular complexity index is 1290. The van der Waals surface area contributed by atoms with Crippen molar-refractivity contribution < 1.29 is 9.53 Å². The van der Waals surface area contributed by atoms with Crippen molar-refractivity contribution in [2.24, 2.45) is 0 Å². The van der Waals surface area contributed by atoms with E-state index in [4.69, 9.17) is 17.0 Å². The fourth-order valence-corrected chi connectivity index (χ4v) is 4.20. The molecule has 0 radical (unpaired) electrons. The second-order valence-corrected chi connectivity index (χ2v) is 7.38. The number of aromatic nitrogens is 2. The van der Waals surface area contributed by atoms with Gasteiger partial charge in [-0.15, -0.1) is 0 Å². The van der Waals surface area contributed by atoms with Gasteiger partial charge in [-0.2, -0.15) is 0 Å². The van der Waals surface area contributed by atoms with Crippen LogP contribution in [0.5, 0.6) is 5.75 Å². The second kappa shape index (κ2) is 6.98. The molecule has 2 N–H and O–H groups in total. The first-order valence-corrected chi connectivity index (χ1v) is 9.52. The SMILES string of the molecule is CCOc1ccccc1NC(=O)c1sc(=S)n2c1[nH]c(=O)c1ccccc12. The summed E-state index contributed by atoms with van der Waals surface area (Å²) in [6, 6.07) is 14.4. The summed E-state index contributed by atoms with van der Waals surface area (Å²) in [5.74, 6) is 0.228. The minimum absolute atomic E-state index is 0.262. The summed E-state index contributed by atoms with van der Waals surface area (Å²) in [7, 11) is 0. The summed E-state index contributed by atoms with van der Waals surface area (Å²) in [6.45, 7) is 2.36. The number of carbonyl (C=O) groups excluding carboxylic acids is 1. The van der Waals surface area contributed by atoms with E-state index in [9.17, 15) is 9.59 Å². The molecule has 0 aliphatic rings. The number of thiazole rings is 1.